The van der Waals surface area contributed by atoms with E-state index >= 15 is 0 Å². The molecule has 2 aliphatic heterocycles. The number of benzene rings is 2. The van der Waals surface area contributed by atoms with Crippen LogP contribution in [0.2, 0.25) is 0 Å². The second kappa shape index (κ2) is 12.6. The number of fused-ring (bicyclic) bond motifs is 2. The highest BCUT2D eigenvalue weighted by molar-refractivity contribution is 6.62. The predicted molar refractivity (Wildman–Crippen MR) is 121 cm³/mol. The number of rotatable bonds is 6. The van der Waals surface area contributed by atoms with E-state index in [9.17, 15) is 19.2 Å². The smallest absolute Gasteiger partial charge is 0.491 e. The van der Waals surface area contributed by atoms with Gasteiger partial charge in [0, 0.05) is 6.42 Å². The van der Waals surface area contributed by atoms with Crippen molar-refractivity contribution in [1.82, 2.24) is 0 Å². The summed E-state index contributed by atoms with van der Waals surface area (Å²) in [7, 11) is -2.75. The number of ketones is 1. The van der Waals surface area contributed by atoms with Crippen molar-refractivity contribution in [1.29, 1.82) is 0 Å². The number of phenols is 1. The Labute approximate surface area is 189 Å². The van der Waals surface area contributed by atoms with Crippen LogP contribution in [0.4, 0.5) is 4.39 Å². The molecule has 172 valence electrons. The van der Waals surface area contributed by atoms with Gasteiger partial charge in [0.1, 0.15) is 11.5 Å². The second-order valence-corrected chi connectivity index (χ2v) is 7.30. The summed E-state index contributed by atoms with van der Waals surface area (Å²) in [4.78, 5) is 11.9. The lowest BCUT2D eigenvalue weighted by molar-refractivity contribution is -0.125. The topological polar surface area (TPSA) is 105 Å². The monoisotopic (exact) mass is 447 g/mol. The van der Waals surface area contributed by atoms with Gasteiger partial charge in [-0.3, -0.25) is 9.18 Å². The Bertz CT molecular complexity index is 918. The van der Waals surface area contributed by atoms with Gasteiger partial charge in [-0.25, -0.2) is 0 Å². The third-order valence-electron chi connectivity index (χ3n) is 5.08. The van der Waals surface area contributed by atoms with Gasteiger partial charge in [0.25, 0.3) is 0 Å². The molecule has 3 N–H and O–H groups in total. The maximum atomic E-state index is 11.9. The molecule has 0 amide bonds. The highest BCUT2D eigenvalue weighted by Crippen LogP contribution is 2.19. The number of alkyl halides is 1. The first-order chi connectivity index (χ1) is 15.8. The standard InChI is InChI=1S/C14H19BO4.C7H7BO3.CH3F/c1-3-5-13(16)14(4-2)19-11-7-6-10-9-18-15(17)12(10)8-11;9-6-2-1-5-4-11-8(10)7(5)3-6;1-2/h6-8,14,17H,3-5,9H2,1-2H3;1-3,9-10H,4H2;1H3/i;;1D. The number of carbonyl (C=O) groups is 1. The Morgan fingerprint density at radius 3 is 2.25 bits per heavy atom. The van der Waals surface area contributed by atoms with Crippen molar-refractivity contribution < 1.29 is 39.8 Å². The molecule has 2 heterocycles. The molecule has 0 saturated heterocycles. The number of carbonyl (C=O) groups excluding carboxylic acids is 1. The molecule has 32 heavy (non-hydrogen) atoms. The Morgan fingerprint density at radius 2 is 1.69 bits per heavy atom. The van der Waals surface area contributed by atoms with E-state index in [0.29, 0.717) is 37.3 Å². The van der Waals surface area contributed by atoms with E-state index in [-0.39, 0.29) is 11.5 Å². The van der Waals surface area contributed by atoms with Crippen LogP contribution in [0.3, 0.4) is 0 Å². The summed E-state index contributed by atoms with van der Waals surface area (Å²) in [5, 5.41) is 27.9. The Balaban J connectivity index is 0.000000231. The van der Waals surface area contributed by atoms with Crippen LogP contribution in [0, 0.1) is 0 Å². The second-order valence-electron chi connectivity index (χ2n) is 7.30. The average molecular weight is 447 g/mol. The van der Waals surface area contributed by atoms with Gasteiger partial charge in [-0.1, -0.05) is 26.0 Å². The summed E-state index contributed by atoms with van der Waals surface area (Å²) < 4.78 is 31.3. The van der Waals surface area contributed by atoms with Gasteiger partial charge < -0.3 is 29.2 Å². The fourth-order valence-corrected chi connectivity index (χ4v) is 3.42. The highest BCUT2D eigenvalue weighted by atomic mass is 19.1. The van der Waals surface area contributed by atoms with Crippen LogP contribution >= 0.6 is 0 Å². The number of halogens is 1. The lowest BCUT2D eigenvalue weighted by Crippen LogP contribution is -2.30. The first-order valence-corrected chi connectivity index (χ1v) is 10.4. The van der Waals surface area contributed by atoms with Crippen LogP contribution in [0.15, 0.2) is 36.4 Å². The molecule has 0 spiro atoms. The summed E-state index contributed by atoms with van der Waals surface area (Å²) in [6.45, 7) is 4.76. The molecule has 10 heteroatoms. The molecule has 2 aromatic rings. The SMILES string of the molecule is CCCC(=O)C(CC)Oc1ccc2c(c1)B(O)OC2.OB1OCc2ccc(O)cc21.[2H]CF. The molecule has 0 saturated carbocycles. The van der Waals surface area contributed by atoms with Crippen LogP contribution in [0.1, 0.15) is 45.6 Å². The minimum absolute atomic E-state index is 0.127. The quantitative estimate of drug-likeness (QED) is 0.579. The molecule has 2 aliphatic rings. The third-order valence-corrected chi connectivity index (χ3v) is 5.08. The third kappa shape index (κ3) is 6.56. The van der Waals surface area contributed by atoms with Crippen molar-refractivity contribution in [3.8, 4) is 11.5 Å². The van der Waals surface area contributed by atoms with Crippen molar-refractivity contribution in [2.75, 3.05) is 7.15 Å². The molecule has 0 bridgehead atoms. The van der Waals surface area contributed by atoms with Gasteiger partial charge in [-0.2, -0.15) is 0 Å². The average Bonchev–Trinajstić information content (AvgIpc) is 3.35. The maximum absolute atomic E-state index is 11.9. The zero-order valence-electron chi connectivity index (χ0n) is 19.3. The van der Waals surface area contributed by atoms with Crippen molar-refractivity contribution >= 4 is 30.9 Å². The van der Waals surface area contributed by atoms with E-state index in [4.69, 9.17) is 20.5 Å². The molecular weight excluding hydrogens is 417 g/mol. The van der Waals surface area contributed by atoms with E-state index in [1.165, 1.54) is 6.07 Å². The molecule has 0 aliphatic carbocycles. The fourth-order valence-electron chi connectivity index (χ4n) is 3.42. The van der Waals surface area contributed by atoms with E-state index in [1.54, 1.807) is 18.2 Å². The number of aromatic hydroxyl groups is 1. The van der Waals surface area contributed by atoms with Crippen LogP contribution in [-0.4, -0.2) is 48.4 Å². The number of phenolic OH excluding ortho intramolecular Hbond substituents is 1. The van der Waals surface area contributed by atoms with Crippen molar-refractivity contribution in [2.45, 2.75) is 52.4 Å². The zero-order chi connectivity index (χ0) is 24.4. The van der Waals surface area contributed by atoms with Crippen LogP contribution in [0.25, 0.3) is 0 Å². The highest BCUT2D eigenvalue weighted by Gasteiger charge is 2.28. The molecule has 7 nitrogen and oxygen atoms in total. The zero-order valence-corrected chi connectivity index (χ0v) is 18.3. The number of Topliss-reactive ketones (excluding diaryl/α,β-unsaturated/α-hetero) is 1. The number of ether oxygens (including phenoxy) is 1. The predicted octanol–water partition coefficient (Wildman–Crippen LogP) is 1.63. The van der Waals surface area contributed by atoms with E-state index in [1.807, 2.05) is 26.0 Å². The fraction of sp³-hybridized carbons (Fsp3) is 0.409. The molecule has 0 aromatic heterocycles. The van der Waals surface area contributed by atoms with Crippen LogP contribution < -0.4 is 15.7 Å². The van der Waals surface area contributed by atoms with Crippen LogP contribution in [0.5, 0.6) is 11.5 Å². The molecule has 0 radical (unpaired) electrons. The van der Waals surface area contributed by atoms with E-state index in [2.05, 4.69) is 0 Å². The Hall–Kier alpha value is -2.39. The first-order valence-electron chi connectivity index (χ1n) is 11.1. The lowest BCUT2D eigenvalue weighted by Gasteiger charge is -2.16. The van der Waals surface area contributed by atoms with Gasteiger partial charge in [0.05, 0.1) is 21.7 Å². The molecule has 0 fully saturated rings. The molecular formula is C22H29B2FO7. The van der Waals surface area contributed by atoms with Crippen molar-refractivity contribution in [2.24, 2.45) is 0 Å². The number of hydrogen-bond acceptors (Lipinski definition) is 7. The van der Waals surface area contributed by atoms with Crippen molar-refractivity contribution in [3.05, 3.63) is 47.5 Å². The maximum Gasteiger partial charge on any atom is 0.491 e. The summed E-state index contributed by atoms with van der Waals surface area (Å²) in [6, 6.07) is 10.3. The summed E-state index contributed by atoms with van der Waals surface area (Å²) in [5.41, 5.74) is 3.31. The molecule has 2 aromatic carbocycles. The lowest BCUT2D eigenvalue weighted by atomic mass is 9.79. The first kappa shape index (κ1) is 24.3. The summed E-state index contributed by atoms with van der Waals surface area (Å²) in [6.07, 6.45) is 1.61. The van der Waals surface area contributed by atoms with Gasteiger partial charge in [0.15, 0.2) is 11.9 Å². The Morgan fingerprint density at radius 1 is 1.12 bits per heavy atom. The van der Waals surface area contributed by atoms with E-state index in [0.717, 1.165) is 23.0 Å². The number of hydrogen-bond donors (Lipinski definition) is 3. The molecule has 4 rings (SSSR count). The molecule has 1 unspecified atom stereocenters. The van der Waals surface area contributed by atoms with Crippen LogP contribution in [-0.2, 0) is 27.3 Å². The van der Waals surface area contributed by atoms with Gasteiger partial charge in [0.2, 0.25) is 0 Å². The van der Waals surface area contributed by atoms with Gasteiger partial charge >= 0.3 is 14.2 Å². The van der Waals surface area contributed by atoms with Crippen molar-refractivity contribution in [3.63, 3.8) is 0 Å². The Kier molecular flexibility index (Phi) is 9.55. The van der Waals surface area contributed by atoms with Gasteiger partial charge in [-0.05, 0) is 59.2 Å². The minimum atomic E-state index is -1.00. The van der Waals surface area contributed by atoms with E-state index < -0.39 is 27.5 Å². The summed E-state index contributed by atoms with van der Waals surface area (Å²) in [5.74, 6) is 0.898. The largest absolute Gasteiger partial charge is 0.508 e. The minimum Gasteiger partial charge on any atom is -0.508 e. The molecule has 1 atom stereocenters. The summed E-state index contributed by atoms with van der Waals surface area (Å²) >= 11 is 0. The normalized spacial score (nSPS) is 14.8. The van der Waals surface area contributed by atoms with Gasteiger partial charge in [-0.15, -0.1) is 0 Å².